The van der Waals surface area contributed by atoms with Gasteiger partial charge >= 0.3 is 0 Å². The van der Waals surface area contributed by atoms with E-state index in [4.69, 9.17) is 0 Å². The molecule has 102 valence electrons. The third-order valence-corrected chi connectivity index (χ3v) is 3.47. The molecule has 0 aliphatic heterocycles. The van der Waals surface area contributed by atoms with E-state index in [-0.39, 0.29) is 6.04 Å². The van der Waals surface area contributed by atoms with Crippen molar-refractivity contribution in [1.82, 2.24) is 14.8 Å². The van der Waals surface area contributed by atoms with Gasteiger partial charge in [0.2, 0.25) is 0 Å². The lowest BCUT2D eigenvalue weighted by Crippen LogP contribution is -2.18. The minimum atomic E-state index is -0.442. The van der Waals surface area contributed by atoms with E-state index in [0.29, 0.717) is 12.8 Å². The number of rotatable bonds is 5. The normalized spacial score (nSPS) is 12.9. The molecule has 0 aliphatic rings. The predicted molar refractivity (Wildman–Crippen MR) is 78.0 cm³/mol. The second kappa shape index (κ2) is 6.30. The van der Waals surface area contributed by atoms with E-state index in [1.807, 2.05) is 28.9 Å². The van der Waals surface area contributed by atoms with Gasteiger partial charge in [-0.25, -0.2) is 9.67 Å². The van der Waals surface area contributed by atoms with Gasteiger partial charge in [0, 0.05) is 16.9 Å². The molecule has 1 N–H and O–H groups in total. The Morgan fingerprint density at radius 3 is 2.53 bits per heavy atom. The van der Waals surface area contributed by atoms with Crippen LogP contribution in [-0.2, 0) is 12.8 Å². The summed E-state index contributed by atoms with van der Waals surface area (Å²) in [4.78, 5) is 4.22. The minimum absolute atomic E-state index is 0.261. The van der Waals surface area contributed by atoms with Crippen molar-refractivity contribution in [1.29, 1.82) is 0 Å². The number of benzene rings is 1. The number of aromatic nitrogens is 3. The Labute approximate surface area is 121 Å². The summed E-state index contributed by atoms with van der Waals surface area (Å²) in [6.07, 6.45) is 2.25. The fourth-order valence-corrected chi connectivity index (χ4v) is 2.29. The zero-order valence-corrected chi connectivity index (χ0v) is 12.7. The van der Waals surface area contributed by atoms with Gasteiger partial charge in [-0.05, 0) is 38.0 Å². The highest BCUT2D eigenvalue weighted by atomic mass is 79.9. The molecule has 4 nitrogen and oxygen atoms in total. The Balaban J connectivity index is 1.99. The van der Waals surface area contributed by atoms with Crippen molar-refractivity contribution >= 4 is 15.9 Å². The van der Waals surface area contributed by atoms with E-state index in [1.165, 1.54) is 0 Å². The lowest BCUT2D eigenvalue weighted by Gasteiger charge is -2.13. The molecule has 0 aliphatic carbocycles. The van der Waals surface area contributed by atoms with Crippen molar-refractivity contribution < 1.29 is 5.11 Å². The third kappa shape index (κ3) is 3.88. The highest BCUT2D eigenvalue weighted by molar-refractivity contribution is 9.10. The molecule has 1 aromatic heterocycles. The zero-order valence-electron chi connectivity index (χ0n) is 11.1. The lowest BCUT2D eigenvalue weighted by molar-refractivity contribution is 0.170. The fourth-order valence-electron chi connectivity index (χ4n) is 2.03. The van der Waals surface area contributed by atoms with Crippen LogP contribution in [0.15, 0.2) is 35.1 Å². The summed E-state index contributed by atoms with van der Waals surface area (Å²) >= 11 is 3.40. The van der Waals surface area contributed by atoms with Crippen molar-refractivity contribution in [3.8, 4) is 0 Å². The number of hydrogen-bond donors (Lipinski definition) is 1. The molecule has 1 aromatic carbocycles. The summed E-state index contributed by atoms with van der Waals surface area (Å²) in [5.74, 6) is 0.833. The highest BCUT2D eigenvalue weighted by Gasteiger charge is 2.13. The molecule has 0 bridgehead atoms. The number of halogens is 1. The average Bonchev–Trinajstić information content (AvgIpc) is 2.80. The van der Waals surface area contributed by atoms with Gasteiger partial charge in [-0.1, -0.05) is 28.1 Å². The van der Waals surface area contributed by atoms with Gasteiger partial charge in [0.25, 0.3) is 0 Å². The van der Waals surface area contributed by atoms with Gasteiger partial charge in [0.05, 0.1) is 6.10 Å². The second-order valence-corrected chi connectivity index (χ2v) is 5.82. The topological polar surface area (TPSA) is 50.9 Å². The molecular weight excluding hydrogens is 306 g/mol. The van der Waals surface area contributed by atoms with Gasteiger partial charge in [-0.3, -0.25) is 0 Å². The van der Waals surface area contributed by atoms with E-state index < -0.39 is 6.10 Å². The summed E-state index contributed by atoms with van der Waals surface area (Å²) in [7, 11) is 0. The van der Waals surface area contributed by atoms with Gasteiger partial charge < -0.3 is 5.11 Å². The minimum Gasteiger partial charge on any atom is -0.392 e. The standard InChI is InChI=1S/C14H18BrN3O/c1-10(2)18-14(16-9-17-18)8-13(19)7-11-3-5-12(15)6-4-11/h3-6,9-10,13,19H,7-8H2,1-2H3. The van der Waals surface area contributed by atoms with Crippen molar-refractivity contribution in [2.24, 2.45) is 0 Å². The summed E-state index contributed by atoms with van der Waals surface area (Å²) < 4.78 is 2.90. The number of aliphatic hydroxyl groups is 1. The Morgan fingerprint density at radius 2 is 1.89 bits per heavy atom. The van der Waals surface area contributed by atoms with E-state index in [1.54, 1.807) is 6.33 Å². The van der Waals surface area contributed by atoms with Gasteiger partial charge in [0.1, 0.15) is 12.2 Å². The molecule has 5 heteroatoms. The molecule has 0 saturated carbocycles. The van der Waals surface area contributed by atoms with Crippen molar-refractivity contribution in [2.45, 2.75) is 38.8 Å². The Morgan fingerprint density at radius 1 is 1.21 bits per heavy atom. The van der Waals surface area contributed by atoms with E-state index in [0.717, 1.165) is 15.9 Å². The maximum Gasteiger partial charge on any atom is 0.138 e. The molecule has 0 amide bonds. The first-order valence-corrected chi connectivity index (χ1v) is 7.16. The molecule has 1 heterocycles. The van der Waals surface area contributed by atoms with Crippen molar-refractivity contribution in [3.05, 3.63) is 46.5 Å². The van der Waals surface area contributed by atoms with Crippen LogP contribution in [0.5, 0.6) is 0 Å². The largest absolute Gasteiger partial charge is 0.392 e. The van der Waals surface area contributed by atoms with Crippen LogP contribution >= 0.6 is 15.9 Å². The Bertz CT molecular complexity index is 522. The maximum atomic E-state index is 10.2. The van der Waals surface area contributed by atoms with Crippen LogP contribution in [0, 0.1) is 0 Å². The molecule has 2 rings (SSSR count). The van der Waals surface area contributed by atoms with Gasteiger partial charge in [-0.2, -0.15) is 5.10 Å². The smallest absolute Gasteiger partial charge is 0.138 e. The summed E-state index contributed by atoms with van der Waals surface area (Å²) in [6.45, 7) is 4.11. The monoisotopic (exact) mass is 323 g/mol. The average molecular weight is 324 g/mol. The molecule has 1 atom stereocenters. The number of hydrogen-bond acceptors (Lipinski definition) is 3. The van der Waals surface area contributed by atoms with Gasteiger partial charge in [-0.15, -0.1) is 0 Å². The molecule has 0 saturated heterocycles. The number of nitrogens with zero attached hydrogens (tertiary/aromatic N) is 3. The first-order chi connectivity index (χ1) is 9.06. The quantitative estimate of drug-likeness (QED) is 0.920. The highest BCUT2D eigenvalue weighted by Crippen LogP contribution is 2.14. The van der Waals surface area contributed by atoms with E-state index in [9.17, 15) is 5.11 Å². The molecule has 0 radical (unpaired) electrons. The second-order valence-electron chi connectivity index (χ2n) is 4.90. The van der Waals surface area contributed by atoms with Crippen LogP contribution in [-0.4, -0.2) is 26.0 Å². The van der Waals surface area contributed by atoms with Crippen LogP contribution in [0.3, 0.4) is 0 Å². The molecule has 0 spiro atoms. The fraction of sp³-hybridized carbons (Fsp3) is 0.429. The predicted octanol–water partition coefficient (Wildman–Crippen LogP) is 2.77. The maximum absolute atomic E-state index is 10.2. The third-order valence-electron chi connectivity index (χ3n) is 2.94. The summed E-state index contributed by atoms with van der Waals surface area (Å²) in [5.41, 5.74) is 1.12. The molecule has 2 aromatic rings. The SMILES string of the molecule is CC(C)n1ncnc1CC(O)Cc1ccc(Br)cc1. The molecule has 1 unspecified atom stereocenters. The van der Waals surface area contributed by atoms with Crippen LogP contribution in [0.2, 0.25) is 0 Å². The van der Waals surface area contributed by atoms with E-state index in [2.05, 4.69) is 39.9 Å². The van der Waals surface area contributed by atoms with Crippen LogP contribution < -0.4 is 0 Å². The first-order valence-electron chi connectivity index (χ1n) is 6.37. The Hall–Kier alpha value is -1.20. The lowest BCUT2D eigenvalue weighted by atomic mass is 10.1. The Kier molecular flexibility index (Phi) is 4.71. The first kappa shape index (κ1) is 14.2. The zero-order chi connectivity index (χ0) is 13.8. The molecular formula is C14H18BrN3O. The van der Waals surface area contributed by atoms with Gasteiger partial charge in [0.15, 0.2) is 0 Å². The van der Waals surface area contributed by atoms with Crippen LogP contribution in [0.1, 0.15) is 31.3 Å². The van der Waals surface area contributed by atoms with Crippen LogP contribution in [0.25, 0.3) is 0 Å². The van der Waals surface area contributed by atoms with E-state index >= 15 is 0 Å². The summed E-state index contributed by atoms with van der Waals surface area (Å²) in [5, 5.41) is 14.3. The molecule has 0 fully saturated rings. The van der Waals surface area contributed by atoms with Crippen molar-refractivity contribution in [2.75, 3.05) is 0 Å². The van der Waals surface area contributed by atoms with Crippen LogP contribution in [0.4, 0.5) is 0 Å². The number of aliphatic hydroxyl groups excluding tert-OH is 1. The van der Waals surface area contributed by atoms with Crippen molar-refractivity contribution in [3.63, 3.8) is 0 Å². The summed E-state index contributed by atoms with van der Waals surface area (Å²) in [6, 6.07) is 8.26. The molecule has 19 heavy (non-hydrogen) atoms.